The molecule has 0 bridgehead atoms. The summed E-state index contributed by atoms with van der Waals surface area (Å²) in [5.74, 6) is 0.131. The first kappa shape index (κ1) is 22.9. The second-order valence-corrected chi connectivity index (χ2v) is 12.0. The van der Waals surface area contributed by atoms with Crippen molar-refractivity contribution in [2.24, 2.45) is 17.6 Å². The Kier molecular flexibility index (Phi) is 6.42. The van der Waals surface area contributed by atoms with Crippen LogP contribution in [0.4, 0.5) is 5.00 Å². The van der Waals surface area contributed by atoms with Gasteiger partial charge in [-0.05, 0) is 73.8 Å². The summed E-state index contributed by atoms with van der Waals surface area (Å²) in [7, 11) is -3.57. The molecule has 1 saturated heterocycles. The van der Waals surface area contributed by atoms with E-state index in [-0.39, 0.29) is 4.90 Å². The Bertz CT molecular complexity index is 1130. The van der Waals surface area contributed by atoms with Crippen molar-refractivity contribution in [3.05, 3.63) is 45.8 Å². The van der Waals surface area contributed by atoms with Crippen LogP contribution in [-0.4, -0.2) is 37.6 Å². The fraction of sp³-hybridized carbons (Fsp3) is 0.478. The first-order valence-electron chi connectivity index (χ1n) is 11.0. The summed E-state index contributed by atoms with van der Waals surface area (Å²) < 4.78 is 27.3. The molecule has 2 aliphatic rings. The van der Waals surface area contributed by atoms with Gasteiger partial charge in [-0.15, -0.1) is 11.3 Å². The van der Waals surface area contributed by atoms with Crippen molar-refractivity contribution >= 4 is 38.2 Å². The predicted molar refractivity (Wildman–Crippen MR) is 126 cm³/mol. The average Bonchev–Trinajstić information content (AvgIpc) is 3.11. The van der Waals surface area contributed by atoms with Gasteiger partial charge in [0.2, 0.25) is 10.0 Å². The number of primary amides is 1. The SMILES string of the molecule is CC1CCN(S(=O)(=O)c2ccc(C(=O)Nc3sc4c(c3C(N)=O)CCC(C)C4)cc2)CC1. The van der Waals surface area contributed by atoms with E-state index in [4.69, 9.17) is 5.73 Å². The zero-order chi connectivity index (χ0) is 23.0. The molecule has 3 N–H and O–H groups in total. The molecule has 1 atom stereocenters. The molecule has 0 radical (unpaired) electrons. The number of fused-ring (bicyclic) bond motifs is 1. The number of nitrogens with one attached hydrogen (secondary N) is 1. The molecule has 1 aromatic heterocycles. The van der Waals surface area contributed by atoms with Crippen molar-refractivity contribution in [3.63, 3.8) is 0 Å². The quantitative estimate of drug-likeness (QED) is 0.688. The molecule has 2 aromatic rings. The van der Waals surface area contributed by atoms with E-state index in [2.05, 4.69) is 19.2 Å². The lowest BCUT2D eigenvalue weighted by atomic mass is 9.88. The van der Waals surface area contributed by atoms with E-state index in [9.17, 15) is 18.0 Å². The fourth-order valence-electron chi connectivity index (χ4n) is 4.43. The van der Waals surface area contributed by atoms with Crippen LogP contribution in [-0.2, 0) is 22.9 Å². The highest BCUT2D eigenvalue weighted by atomic mass is 32.2. The number of nitrogens with two attached hydrogens (primary N) is 1. The van der Waals surface area contributed by atoms with E-state index in [1.165, 1.54) is 39.9 Å². The van der Waals surface area contributed by atoms with Gasteiger partial charge in [-0.2, -0.15) is 4.31 Å². The largest absolute Gasteiger partial charge is 0.365 e. The summed E-state index contributed by atoms with van der Waals surface area (Å²) in [6.45, 7) is 5.34. The molecule has 2 amide bonds. The minimum Gasteiger partial charge on any atom is -0.365 e. The molecule has 4 rings (SSSR count). The average molecular weight is 476 g/mol. The Morgan fingerprint density at radius 2 is 1.72 bits per heavy atom. The number of thiophene rings is 1. The summed E-state index contributed by atoms with van der Waals surface area (Å²) >= 11 is 1.41. The minimum atomic E-state index is -3.57. The molecule has 1 unspecified atom stereocenters. The van der Waals surface area contributed by atoms with Gasteiger partial charge in [0.1, 0.15) is 5.00 Å². The number of nitrogens with zero attached hydrogens (tertiary/aromatic N) is 1. The normalized spacial score (nSPS) is 20.0. The number of benzene rings is 1. The maximum Gasteiger partial charge on any atom is 0.256 e. The van der Waals surface area contributed by atoms with Crippen molar-refractivity contribution in [3.8, 4) is 0 Å². The standard InChI is InChI=1S/C23H29N3O4S2/c1-14-9-11-26(12-10-14)32(29,30)17-6-4-16(5-7-17)22(28)25-23-20(21(24)27)18-8-3-15(2)13-19(18)31-23/h4-7,14-15H,3,8-13H2,1-2H3,(H2,24,27)(H,25,28). The third-order valence-corrected chi connectivity index (χ3v) is 9.56. The highest BCUT2D eigenvalue weighted by Gasteiger charge is 2.29. The number of carbonyl (C=O) groups excluding carboxylic acids is 2. The maximum atomic E-state index is 12.9. The highest BCUT2D eigenvalue weighted by molar-refractivity contribution is 7.89. The lowest BCUT2D eigenvalue weighted by Crippen LogP contribution is -2.37. The van der Waals surface area contributed by atoms with Gasteiger partial charge in [0.05, 0.1) is 10.5 Å². The van der Waals surface area contributed by atoms with Crippen LogP contribution in [0, 0.1) is 11.8 Å². The molecule has 9 heteroatoms. The fourth-order valence-corrected chi connectivity index (χ4v) is 7.31. The molecule has 32 heavy (non-hydrogen) atoms. The monoisotopic (exact) mass is 475 g/mol. The van der Waals surface area contributed by atoms with Crippen LogP contribution in [0.1, 0.15) is 64.3 Å². The number of anilines is 1. The summed E-state index contributed by atoms with van der Waals surface area (Å²) in [6, 6.07) is 5.96. The number of rotatable bonds is 5. The predicted octanol–water partition coefficient (Wildman–Crippen LogP) is 3.64. The molecular formula is C23H29N3O4S2. The van der Waals surface area contributed by atoms with Gasteiger partial charge < -0.3 is 11.1 Å². The van der Waals surface area contributed by atoms with Crippen LogP contribution in [0.15, 0.2) is 29.2 Å². The van der Waals surface area contributed by atoms with Gasteiger partial charge in [0.25, 0.3) is 11.8 Å². The number of hydrogen-bond donors (Lipinski definition) is 2. The lowest BCUT2D eigenvalue weighted by molar-refractivity contribution is 0.1000. The molecule has 1 aromatic carbocycles. The molecule has 1 fully saturated rings. The van der Waals surface area contributed by atoms with E-state index in [1.807, 2.05) is 0 Å². The van der Waals surface area contributed by atoms with Gasteiger partial charge in [-0.3, -0.25) is 9.59 Å². The van der Waals surface area contributed by atoms with Gasteiger partial charge in [-0.1, -0.05) is 13.8 Å². The highest BCUT2D eigenvalue weighted by Crippen LogP contribution is 2.39. The van der Waals surface area contributed by atoms with Crippen molar-refractivity contribution < 1.29 is 18.0 Å². The Balaban J connectivity index is 1.52. The Hall–Kier alpha value is -2.23. The Morgan fingerprint density at radius 1 is 1.06 bits per heavy atom. The summed E-state index contributed by atoms with van der Waals surface area (Å²) in [4.78, 5) is 26.2. The third kappa shape index (κ3) is 4.46. The zero-order valence-electron chi connectivity index (χ0n) is 18.4. The van der Waals surface area contributed by atoms with E-state index in [1.54, 1.807) is 0 Å². The number of hydrogen-bond acceptors (Lipinski definition) is 5. The van der Waals surface area contributed by atoms with Crippen molar-refractivity contribution in [1.29, 1.82) is 0 Å². The van der Waals surface area contributed by atoms with Crippen LogP contribution < -0.4 is 11.1 Å². The molecule has 172 valence electrons. The zero-order valence-corrected chi connectivity index (χ0v) is 20.0. The first-order valence-corrected chi connectivity index (χ1v) is 13.3. The van der Waals surface area contributed by atoms with Crippen LogP contribution >= 0.6 is 11.3 Å². The van der Waals surface area contributed by atoms with Crippen molar-refractivity contribution in [2.45, 2.75) is 50.8 Å². The molecule has 1 aliphatic carbocycles. The van der Waals surface area contributed by atoms with E-state index < -0.39 is 21.8 Å². The Morgan fingerprint density at radius 3 is 2.34 bits per heavy atom. The summed E-state index contributed by atoms with van der Waals surface area (Å²) in [6.07, 6.45) is 4.35. The van der Waals surface area contributed by atoms with Gasteiger partial charge >= 0.3 is 0 Å². The molecule has 0 saturated carbocycles. The van der Waals surface area contributed by atoms with Crippen LogP contribution in [0.3, 0.4) is 0 Å². The molecule has 7 nitrogen and oxygen atoms in total. The lowest BCUT2D eigenvalue weighted by Gasteiger charge is -2.29. The number of carbonyl (C=O) groups is 2. The van der Waals surface area contributed by atoms with Gasteiger partial charge in [0, 0.05) is 23.5 Å². The van der Waals surface area contributed by atoms with Gasteiger partial charge in [0.15, 0.2) is 0 Å². The van der Waals surface area contributed by atoms with E-state index in [0.29, 0.717) is 41.1 Å². The second kappa shape index (κ2) is 8.96. The minimum absolute atomic E-state index is 0.182. The molecule has 2 heterocycles. The number of amides is 2. The first-order chi connectivity index (χ1) is 15.2. The van der Waals surface area contributed by atoms with Crippen LogP contribution in [0.2, 0.25) is 0 Å². The van der Waals surface area contributed by atoms with E-state index >= 15 is 0 Å². The maximum absolute atomic E-state index is 12.9. The van der Waals surface area contributed by atoms with Gasteiger partial charge in [-0.25, -0.2) is 8.42 Å². The number of piperidine rings is 1. The van der Waals surface area contributed by atoms with Crippen molar-refractivity contribution in [2.75, 3.05) is 18.4 Å². The third-order valence-electron chi connectivity index (χ3n) is 6.48. The molecular weight excluding hydrogens is 446 g/mol. The summed E-state index contributed by atoms with van der Waals surface area (Å²) in [5.41, 5.74) is 7.31. The van der Waals surface area contributed by atoms with E-state index in [0.717, 1.165) is 42.5 Å². The topological polar surface area (TPSA) is 110 Å². The Labute approximate surface area is 193 Å². The second-order valence-electron chi connectivity index (χ2n) is 8.99. The van der Waals surface area contributed by atoms with Crippen molar-refractivity contribution in [1.82, 2.24) is 4.31 Å². The molecule has 1 aliphatic heterocycles. The number of sulfonamides is 1. The van der Waals surface area contributed by atoms with Crippen LogP contribution in [0.5, 0.6) is 0 Å². The molecule has 0 spiro atoms. The summed E-state index contributed by atoms with van der Waals surface area (Å²) in [5, 5.41) is 3.30. The smallest absolute Gasteiger partial charge is 0.256 e. The van der Waals surface area contributed by atoms with Crippen LogP contribution in [0.25, 0.3) is 0 Å².